The third kappa shape index (κ3) is 5.70. The van der Waals surface area contributed by atoms with Crippen molar-refractivity contribution in [2.75, 3.05) is 12.9 Å². The van der Waals surface area contributed by atoms with Crippen LogP contribution in [0.2, 0.25) is 0 Å². The van der Waals surface area contributed by atoms with Crippen molar-refractivity contribution in [2.45, 2.75) is 23.9 Å². The number of halogens is 3. The van der Waals surface area contributed by atoms with Gasteiger partial charge in [-0.25, -0.2) is 0 Å². The molecule has 0 saturated heterocycles. The number of carboxylic acid groups (broad SMARTS) is 1. The highest BCUT2D eigenvalue weighted by Crippen LogP contribution is 2.30. The minimum Gasteiger partial charge on any atom is -0.545 e. The number of ether oxygens (including phenoxy) is 1. The van der Waals surface area contributed by atoms with Crippen LogP contribution in [0.25, 0.3) is 11.1 Å². The highest BCUT2D eigenvalue weighted by molar-refractivity contribution is 7.98. The lowest BCUT2D eigenvalue weighted by atomic mass is 9.99. The Morgan fingerprint density at radius 1 is 1.16 bits per heavy atom. The first-order chi connectivity index (χ1) is 11.8. The average Bonchev–Trinajstić information content (AvgIpc) is 2.57. The standard InChI is InChI=1S/C18H17F3O3S/c1-25-14-6-3-12(4-7-14)16-11-13(5-8-15(16)17(22)23)24-10-2-9-18(19,20)21/h3-8,11H,2,9-10H2,1H3,(H,22,23)/p-1. The molecule has 0 bridgehead atoms. The van der Waals surface area contributed by atoms with E-state index in [0.29, 0.717) is 16.9 Å². The zero-order valence-corrected chi connectivity index (χ0v) is 14.2. The van der Waals surface area contributed by atoms with Crippen molar-refractivity contribution in [3.63, 3.8) is 0 Å². The topological polar surface area (TPSA) is 49.4 Å². The maximum Gasteiger partial charge on any atom is 0.389 e. The van der Waals surface area contributed by atoms with Gasteiger partial charge in [-0.2, -0.15) is 13.2 Å². The van der Waals surface area contributed by atoms with Gasteiger partial charge in [-0.1, -0.05) is 12.1 Å². The lowest BCUT2D eigenvalue weighted by Gasteiger charge is -2.14. The van der Waals surface area contributed by atoms with E-state index in [9.17, 15) is 23.1 Å². The largest absolute Gasteiger partial charge is 0.545 e. The summed E-state index contributed by atoms with van der Waals surface area (Å²) in [4.78, 5) is 12.3. The summed E-state index contributed by atoms with van der Waals surface area (Å²) in [6.45, 7) is -0.102. The minimum atomic E-state index is -4.22. The number of benzene rings is 2. The molecule has 2 aromatic carbocycles. The molecule has 0 unspecified atom stereocenters. The second kappa shape index (κ2) is 8.29. The lowest BCUT2D eigenvalue weighted by molar-refractivity contribution is -0.254. The van der Waals surface area contributed by atoms with Gasteiger partial charge in [-0.05, 0) is 54.1 Å². The van der Waals surface area contributed by atoms with Gasteiger partial charge >= 0.3 is 6.18 Å². The van der Waals surface area contributed by atoms with E-state index < -0.39 is 18.6 Å². The molecule has 134 valence electrons. The van der Waals surface area contributed by atoms with Gasteiger partial charge in [0.1, 0.15) is 5.75 Å². The molecule has 2 rings (SSSR count). The number of aromatic carboxylic acids is 1. The van der Waals surface area contributed by atoms with E-state index in [-0.39, 0.29) is 18.6 Å². The molecule has 0 aliphatic rings. The Hall–Kier alpha value is -2.15. The molecular formula is C18H16F3O3S-. The SMILES string of the molecule is CSc1ccc(-c2cc(OCCCC(F)(F)F)ccc2C(=O)[O-])cc1. The van der Waals surface area contributed by atoms with E-state index in [0.717, 1.165) is 4.90 Å². The summed E-state index contributed by atoms with van der Waals surface area (Å²) in [6.07, 6.45) is -3.37. The molecule has 0 aromatic heterocycles. The summed E-state index contributed by atoms with van der Waals surface area (Å²) in [6, 6.07) is 11.5. The quantitative estimate of drug-likeness (QED) is 0.543. The van der Waals surface area contributed by atoms with Crippen LogP contribution in [-0.4, -0.2) is 25.0 Å². The molecule has 0 N–H and O–H groups in total. The zero-order chi connectivity index (χ0) is 18.4. The van der Waals surface area contributed by atoms with Crippen LogP contribution < -0.4 is 9.84 Å². The molecule has 0 heterocycles. The Labute approximate surface area is 147 Å². The Morgan fingerprint density at radius 3 is 2.40 bits per heavy atom. The molecule has 2 aromatic rings. The van der Waals surface area contributed by atoms with Crippen molar-refractivity contribution < 1.29 is 27.8 Å². The van der Waals surface area contributed by atoms with Gasteiger partial charge in [-0.15, -0.1) is 11.8 Å². The Morgan fingerprint density at radius 2 is 1.84 bits per heavy atom. The van der Waals surface area contributed by atoms with E-state index in [4.69, 9.17) is 4.74 Å². The second-order valence-electron chi connectivity index (χ2n) is 5.29. The van der Waals surface area contributed by atoms with E-state index in [1.54, 1.807) is 23.9 Å². The fourth-order valence-electron chi connectivity index (χ4n) is 2.26. The number of alkyl halides is 3. The second-order valence-corrected chi connectivity index (χ2v) is 6.17. The fraction of sp³-hybridized carbons (Fsp3) is 0.278. The molecule has 0 amide bonds. The van der Waals surface area contributed by atoms with Crippen molar-refractivity contribution in [3.05, 3.63) is 48.0 Å². The molecule has 3 nitrogen and oxygen atoms in total. The monoisotopic (exact) mass is 369 g/mol. The summed E-state index contributed by atoms with van der Waals surface area (Å²) in [5.41, 5.74) is 1.07. The zero-order valence-electron chi connectivity index (χ0n) is 13.4. The maximum atomic E-state index is 12.1. The summed E-state index contributed by atoms with van der Waals surface area (Å²) in [5.74, 6) is -1.01. The van der Waals surface area contributed by atoms with Crippen molar-refractivity contribution in [2.24, 2.45) is 0 Å². The van der Waals surface area contributed by atoms with Crippen molar-refractivity contribution in [3.8, 4) is 16.9 Å². The molecule has 25 heavy (non-hydrogen) atoms. The molecule has 0 radical (unpaired) electrons. The highest BCUT2D eigenvalue weighted by Gasteiger charge is 2.26. The van der Waals surface area contributed by atoms with E-state index >= 15 is 0 Å². The number of carbonyl (C=O) groups excluding carboxylic acids is 1. The number of rotatable bonds is 7. The van der Waals surface area contributed by atoms with Crippen LogP contribution in [0.3, 0.4) is 0 Å². The summed E-state index contributed by atoms with van der Waals surface area (Å²) in [7, 11) is 0. The summed E-state index contributed by atoms with van der Waals surface area (Å²) >= 11 is 1.56. The van der Waals surface area contributed by atoms with Crippen LogP contribution in [0.1, 0.15) is 23.2 Å². The molecular weight excluding hydrogens is 353 g/mol. The Balaban J connectivity index is 2.19. The predicted molar refractivity (Wildman–Crippen MR) is 88.8 cm³/mol. The molecule has 0 aliphatic carbocycles. The first-order valence-electron chi connectivity index (χ1n) is 7.49. The molecule has 7 heteroatoms. The molecule has 0 saturated carbocycles. The van der Waals surface area contributed by atoms with E-state index in [1.165, 1.54) is 18.2 Å². The third-order valence-electron chi connectivity index (χ3n) is 3.49. The highest BCUT2D eigenvalue weighted by atomic mass is 32.2. The normalized spacial score (nSPS) is 11.4. The molecule has 0 fully saturated rings. The van der Waals surface area contributed by atoms with Gasteiger partial charge in [-0.3, -0.25) is 0 Å². The number of thioether (sulfide) groups is 1. The van der Waals surface area contributed by atoms with Crippen LogP contribution in [0.5, 0.6) is 5.75 Å². The minimum absolute atomic E-state index is 0.000423. The van der Waals surface area contributed by atoms with E-state index in [2.05, 4.69) is 0 Å². The van der Waals surface area contributed by atoms with Gasteiger partial charge in [0.05, 0.1) is 12.6 Å². The first-order valence-corrected chi connectivity index (χ1v) is 8.72. The van der Waals surface area contributed by atoms with Gasteiger partial charge in [0.25, 0.3) is 0 Å². The van der Waals surface area contributed by atoms with Crippen molar-refractivity contribution >= 4 is 17.7 Å². The van der Waals surface area contributed by atoms with Crippen LogP contribution in [-0.2, 0) is 0 Å². The maximum absolute atomic E-state index is 12.1. The van der Waals surface area contributed by atoms with Gasteiger partial charge in [0.15, 0.2) is 0 Å². The number of carboxylic acids is 1. The molecule has 0 aliphatic heterocycles. The van der Waals surface area contributed by atoms with Crippen molar-refractivity contribution in [1.29, 1.82) is 0 Å². The first kappa shape index (κ1) is 19.2. The van der Waals surface area contributed by atoms with Crippen LogP contribution >= 0.6 is 11.8 Å². The Kier molecular flexibility index (Phi) is 6.36. The lowest BCUT2D eigenvalue weighted by Crippen LogP contribution is -2.23. The Bertz CT molecular complexity index is 727. The molecule has 0 atom stereocenters. The number of carbonyl (C=O) groups is 1. The predicted octanol–water partition coefficient (Wildman–Crippen LogP) is 4.16. The fourth-order valence-corrected chi connectivity index (χ4v) is 2.67. The van der Waals surface area contributed by atoms with Gasteiger partial charge < -0.3 is 14.6 Å². The van der Waals surface area contributed by atoms with Crippen molar-refractivity contribution in [1.82, 2.24) is 0 Å². The number of hydrogen-bond donors (Lipinski definition) is 0. The van der Waals surface area contributed by atoms with Gasteiger partial charge in [0, 0.05) is 16.9 Å². The third-order valence-corrected chi connectivity index (χ3v) is 4.23. The average molecular weight is 369 g/mol. The van der Waals surface area contributed by atoms with E-state index in [1.807, 2.05) is 18.4 Å². The van der Waals surface area contributed by atoms with Gasteiger partial charge in [0.2, 0.25) is 0 Å². The van der Waals surface area contributed by atoms with Crippen LogP contribution in [0.15, 0.2) is 47.4 Å². The van der Waals surface area contributed by atoms with Crippen LogP contribution in [0, 0.1) is 0 Å². The smallest absolute Gasteiger partial charge is 0.389 e. The summed E-state index contributed by atoms with van der Waals surface area (Å²) in [5, 5.41) is 11.3. The van der Waals surface area contributed by atoms with Crippen LogP contribution in [0.4, 0.5) is 13.2 Å². The molecule has 0 spiro atoms. The summed E-state index contributed by atoms with van der Waals surface area (Å²) < 4.78 is 41.7. The number of hydrogen-bond acceptors (Lipinski definition) is 4.